The first-order valence-electron chi connectivity index (χ1n) is 16.3. The van der Waals surface area contributed by atoms with Gasteiger partial charge < -0.3 is 21.1 Å². The highest BCUT2D eigenvalue weighted by atomic mass is 31.2. The maximum atomic E-state index is 12.6. The zero-order valence-corrected chi connectivity index (χ0v) is 27.4. The molecule has 1 amide bonds. The van der Waals surface area contributed by atoms with Crippen LogP contribution < -0.4 is 11.1 Å². The number of rotatable bonds is 29. The summed E-state index contributed by atoms with van der Waals surface area (Å²) in [6, 6.07) is -0.881. The van der Waals surface area contributed by atoms with Gasteiger partial charge in [-0.2, -0.15) is 0 Å². The fraction of sp³-hybridized carbons (Fsp3) is 0.727. The molecule has 0 saturated heterocycles. The highest BCUT2D eigenvalue weighted by Crippen LogP contribution is 2.43. The van der Waals surface area contributed by atoms with E-state index in [1.807, 2.05) is 6.08 Å². The van der Waals surface area contributed by atoms with Crippen LogP contribution in [0.3, 0.4) is 0 Å². The van der Waals surface area contributed by atoms with Gasteiger partial charge in [-0.15, -0.1) is 0 Å². The summed E-state index contributed by atoms with van der Waals surface area (Å²) in [4.78, 5) is 22.4. The zero-order chi connectivity index (χ0) is 31.2. The molecule has 5 N–H and O–H groups in total. The fourth-order valence-corrected chi connectivity index (χ4v) is 4.88. The van der Waals surface area contributed by atoms with Crippen LogP contribution in [0.5, 0.6) is 0 Å². The van der Waals surface area contributed by atoms with Crippen molar-refractivity contribution < 1.29 is 28.4 Å². The number of allylic oxidation sites excluding steroid dienone is 7. The Kier molecular flexibility index (Phi) is 28.4. The highest BCUT2D eigenvalue weighted by molar-refractivity contribution is 7.47. The number of nitrogens with one attached hydrogen (secondary N) is 1. The van der Waals surface area contributed by atoms with Crippen molar-refractivity contribution in [1.82, 2.24) is 5.32 Å². The molecule has 0 bridgehead atoms. The largest absolute Gasteiger partial charge is 0.472 e. The quantitative estimate of drug-likeness (QED) is 0.0385. The molecule has 42 heavy (non-hydrogen) atoms. The Morgan fingerprint density at radius 3 is 2.07 bits per heavy atom. The van der Waals surface area contributed by atoms with Gasteiger partial charge in [0.1, 0.15) is 0 Å². The molecule has 0 aliphatic carbocycles. The predicted octanol–water partition coefficient (Wildman–Crippen LogP) is 7.82. The van der Waals surface area contributed by atoms with Crippen LogP contribution in [-0.4, -0.2) is 47.8 Å². The molecule has 8 nitrogen and oxygen atoms in total. The molecule has 0 aromatic heterocycles. The summed E-state index contributed by atoms with van der Waals surface area (Å²) in [5, 5.41) is 13.5. The normalized spacial score (nSPS) is 15.3. The van der Waals surface area contributed by atoms with Crippen molar-refractivity contribution in [3.05, 3.63) is 48.6 Å². The summed E-state index contributed by atoms with van der Waals surface area (Å²) in [6.07, 6.45) is 33.0. The van der Waals surface area contributed by atoms with Gasteiger partial charge in [-0.3, -0.25) is 13.8 Å². The van der Waals surface area contributed by atoms with E-state index < -0.39 is 20.0 Å². The van der Waals surface area contributed by atoms with Crippen LogP contribution in [0.4, 0.5) is 0 Å². The minimum Gasteiger partial charge on any atom is -0.387 e. The van der Waals surface area contributed by atoms with Gasteiger partial charge in [0.2, 0.25) is 5.91 Å². The van der Waals surface area contributed by atoms with E-state index in [0.29, 0.717) is 6.42 Å². The second kappa shape index (κ2) is 29.5. The number of hydrogen-bond donors (Lipinski definition) is 4. The molecule has 0 radical (unpaired) electrons. The third kappa shape index (κ3) is 27.3. The van der Waals surface area contributed by atoms with E-state index in [1.54, 1.807) is 6.08 Å². The second-order valence-electron chi connectivity index (χ2n) is 10.7. The topological polar surface area (TPSA) is 131 Å². The van der Waals surface area contributed by atoms with Gasteiger partial charge in [0.05, 0.1) is 25.4 Å². The van der Waals surface area contributed by atoms with Gasteiger partial charge in [-0.25, -0.2) is 4.57 Å². The third-order valence-corrected chi connectivity index (χ3v) is 7.59. The Bertz CT molecular complexity index is 799. The molecule has 0 heterocycles. The number of phosphoric acid groups is 1. The SMILES string of the molecule is CCC/C=C\C/C=C\CCCCCCCC(=O)NC(COP(=O)(O)OCCN)C(O)/C=C/CC/C=C/CCCCCC. The van der Waals surface area contributed by atoms with E-state index in [4.69, 9.17) is 14.8 Å². The Morgan fingerprint density at radius 2 is 1.38 bits per heavy atom. The molecule has 3 unspecified atom stereocenters. The summed E-state index contributed by atoms with van der Waals surface area (Å²) < 4.78 is 21.9. The van der Waals surface area contributed by atoms with Crippen LogP contribution in [0.15, 0.2) is 48.6 Å². The molecule has 0 aliphatic rings. The van der Waals surface area contributed by atoms with Crippen molar-refractivity contribution >= 4 is 13.7 Å². The lowest BCUT2D eigenvalue weighted by Crippen LogP contribution is -2.45. The second-order valence-corrected chi connectivity index (χ2v) is 12.1. The lowest BCUT2D eigenvalue weighted by Gasteiger charge is -2.23. The van der Waals surface area contributed by atoms with Crippen molar-refractivity contribution in [2.24, 2.45) is 5.73 Å². The Balaban J connectivity index is 4.49. The number of nitrogens with two attached hydrogens (primary N) is 1. The van der Waals surface area contributed by atoms with Crippen LogP contribution in [-0.2, 0) is 18.4 Å². The van der Waals surface area contributed by atoms with Crippen molar-refractivity contribution in [3.63, 3.8) is 0 Å². The number of amides is 1. The first-order valence-corrected chi connectivity index (χ1v) is 17.8. The molecule has 0 spiro atoms. The van der Waals surface area contributed by atoms with E-state index in [0.717, 1.165) is 70.6 Å². The van der Waals surface area contributed by atoms with Crippen LogP contribution in [0.2, 0.25) is 0 Å². The molecular formula is C33H61N2O6P. The number of unbranched alkanes of at least 4 members (excludes halogenated alkanes) is 11. The first-order chi connectivity index (χ1) is 20.4. The lowest BCUT2D eigenvalue weighted by atomic mass is 10.1. The maximum absolute atomic E-state index is 12.6. The predicted molar refractivity (Wildman–Crippen MR) is 175 cm³/mol. The average molecular weight is 613 g/mol. The number of carbonyl (C=O) groups excluding carboxylic acids is 1. The summed E-state index contributed by atoms with van der Waals surface area (Å²) >= 11 is 0. The van der Waals surface area contributed by atoms with Crippen LogP contribution in [0.1, 0.15) is 123 Å². The Morgan fingerprint density at radius 1 is 0.786 bits per heavy atom. The Hall–Kier alpha value is -1.54. The Labute approximate surface area is 256 Å². The van der Waals surface area contributed by atoms with Crippen molar-refractivity contribution in [3.8, 4) is 0 Å². The molecule has 3 atom stereocenters. The van der Waals surface area contributed by atoms with Crippen molar-refractivity contribution in [1.29, 1.82) is 0 Å². The zero-order valence-electron chi connectivity index (χ0n) is 26.5. The number of hydrogen-bond acceptors (Lipinski definition) is 6. The molecule has 0 aromatic carbocycles. The summed E-state index contributed by atoms with van der Waals surface area (Å²) in [5.74, 6) is -0.225. The molecular weight excluding hydrogens is 551 g/mol. The molecule has 0 rings (SSSR count). The van der Waals surface area contributed by atoms with Gasteiger partial charge in [-0.05, 0) is 57.8 Å². The van der Waals surface area contributed by atoms with E-state index >= 15 is 0 Å². The maximum Gasteiger partial charge on any atom is 0.472 e. The highest BCUT2D eigenvalue weighted by Gasteiger charge is 2.26. The molecule has 0 fully saturated rings. The number of phosphoric ester groups is 1. The van der Waals surface area contributed by atoms with E-state index in [1.165, 1.54) is 32.1 Å². The fourth-order valence-electron chi connectivity index (χ4n) is 4.12. The first kappa shape index (κ1) is 40.5. The lowest BCUT2D eigenvalue weighted by molar-refractivity contribution is -0.123. The third-order valence-electron chi connectivity index (χ3n) is 6.61. The number of aliphatic hydroxyl groups is 1. The minimum absolute atomic E-state index is 0.0695. The molecule has 9 heteroatoms. The van der Waals surface area contributed by atoms with Gasteiger partial charge >= 0.3 is 7.82 Å². The molecule has 244 valence electrons. The molecule has 0 aliphatic heterocycles. The van der Waals surface area contributed by atoms with E-state index in [9.17, 15) is 19.4 Å². The van der Waals surface area contributed by atoms with E-state index in [2.05, 4.69) is 55.6 Å². The smallest absolute Gasteiger partial charge is 0.387 e. The van der Waals surface area contributed by atoms with Gasteiger partial charge in [0.25, 0.3) is 0 Å². The van der Waals surface area contributed by atoms with Crippen LogP contribution in [0.25, 0.3) is 0 Å². The monoisotopic (exact) mass is 612 g/mol. The van der Waals surface area contributed by atoms with Crippen LogP contribution in [0, 0.1) is 0 Å². The van der Waals surface area contributed by atoms with E-state index in [-0.39, 0.29) is 25.7 Å². The van der Waals surface area contributed by atoms with Gasteiger partial charge in [0, 0.05) is 13.0 Å². The van der Waals surface area contributed by atoms with Crippen molar-refractivity contribution in [2.75, 3.05) is 19.8 Å². The minimum atomic E-state index is -4.34. The summed E-state index contributed by atoms with van der Waals surface area (Å²) in [7, 11) is -4.34. The average Bonchev–Trinajstić information content (AvgIpc) is 2.97. The van der Waals surface area contributed by atoms with Crippen molar-refractivity contribution in [2.45, 2.75) is 135 Å². The summed E-state index contributed by atoms with van der Waals surface area (Å²) in [5.41, 5.74) is 5.33. The molecule has 0 saturated carbocycles. The standard InChI is InChI=1S/C33H61N2O6P/c1-3-5-7-9-11-13-15-16-17-19-21-23-25-27-33(37)35-31(30-41-42(38,39)40-29-28-34)32(36)26-24-22-20-18-14-12-10-8-6-4-2/h7,9,13-15,18,24,26,31-32,36H,3-6,8,10-12,16-17,19-23,25,27-30,34H2,1-2H3,(H,35,37)(H,38,39)/b9-7-,15-13-,18-14+,26-24+. The summed E-state index contributed by atoms with van der Waals surface area (Å²) in [6.45, 7) is 3.95. The van der Waals surface area contributed by atoms with Crippen LogP contribution >= 0.6 is 7.82 Å². The number of carbonyl (C=O) groups is 1. The van der Waals surface area contributed by atoms with Gasteiger partial charge in [-0.1, -0.05) is 107 Å². The van der Waals surface area contributed by atoms with Gasteiger partial charge in [0.15, 0.2) is 0 Å². The molecule has 0 aromatic rings. The number of aliphatic hydroxyl groups excluding tert-OH is 1.